The highest BCUT2D eigenvalue weighted by Gasteiger charge is 2.20. The van der Waals surface area contributed by atoms with Gasteiger partial charge in [-0.25, -0.2) is 4.79 Å². The lowest BCUT2D eigenvalue weighted by atomic mass is 10.1. The van der Waals surface area contributed by atoms with Gasteiger partial charge >= 0.3 is 5.97 Å². The summed E-state index contributed by atoms with van der Waals surface area (Å²) in [4.78, 5) is 24.2. The number of hydrogen-bond donors (Lipinski definition) is 2. The second-order valence-corrected chi connectivity index (χ2v) is 4.42. The molecular weight excluding hydrogens is 232 g/mol. The van der Waals surface area contributed by atoms with Crippen molar-refractivity contribution in [3.8, 4) is 0 Å². The number of rotatable bonds is 4. The lowest BCUT2D eigenvalue weighted by Gasteiger charge is -2.13. The number of fused-ring (bicyclic) bond motifs is 1. The van der Waals surface area contributed by atoms with Crippen LogP contribution < -0.4 is 5.32 Å². The Balaban J connectivity index is 1.99. The fraction of sp³-hybridized carbons (Fsp3) is 0.385. The Hall–Kier alpha value is -1.88. The van der Waals surface area contributed by atoms with Gasteiger partial charge in [0.2, 0.25) is 5.91 Å². The summed E-state index contributed by atoms with van der Waals surface area (Å²) in [7, 11) is 1.63. The van der Waals surface area contributed by atoms with Gasteiger partial charge in [-0.15, -0.1) is 0 Å². The number of carbonyl (C=O) groups excluding carboxylic acids is 1. The number of nitrogens with one attached hydrogen (secondary N) is 1. The minimum atomic E-state index is -0.901. The van der Waals surface area contributed by atoms with Gasteiger partial charge in [-0.1, -0.05) is 6.07 Å². The zero-order valence-electron chi connectivity index (χ0n) is 10.3. The third kappa shape index (κ3) is 2.68. The topological polar surface area (TPSA) is 69.6 Å². The highest BCUT2D eigenvalue weighted by molar-refractivity contribution is 5.88. The lowest BCUT2D eigenvalue weighted by Crippen LogP contribution is -2.25. The number of carbonyl (C=O) groups is 2. The molecule has 96 valence electrons. The second kappa shape index (κ2) is 5.18. The zero-order valence-corrected chi connectivity index (χ0v) is 10.3. The van der Waals surface area contributed by atoms with E-state index in [9.17, 15) is 9.59 Å². The first-order valence-corrected chi connectivity index (χ1v) is 5.88. The Kier molecular flexibility index (Phi) is 3.62. The van der Waals surface area contributed by atoms with Crippen molar-refractivity contribution < 1.29 is 14.7 Å². The van der Waals surface area contributed by atoms with E-state index in [0.717, 1.165) is 17.7 Å². The van der Waals surface area contributed by atoms with Crippen molar-refractivity contribution in [3.63, 3.8) is 0 Å². The molecule has 1 aromatic carbocycles. The largest absolute Gasteiger partial charge is 0.478 e. The fourth-order valence-electron chi connectivity index (χ4n) is 2.14. The maximum absolute atomic E-state index is 11.2. The van der Waals surface area contributed by atoms with E-state index in [1.165, 1.54) is 0 Å². The summed E-state index contributed by atoms with van der Waals surface area (Å²) in [5.41, 5.74) is 2.52. The highest BCUT2D eigenvalue weighted by Crippen LogP contribution is 2.23. The summed E-state index contributed by atoms with van der Waals surface area (Å²) in [5.74, 6) is -0.876. The van der Waals surface area contributed by atoms with Crippen LogP contribution in [0.25, 0.3) is 0 Å². The molecule has 1 aliphatic heterocycles. The molecule has 0 spiro atoms. The molecule has 0 saturated heterocycles. The molecule has 0 fully saturated rings. The van der Waals surface area contributed by atoms with Crippen molar-refractivity contribution in [3.05, 3.63) is 34.9 Å². The Morgan fingerprint density at radius 3 is 2.72 bits per heavy atom. The molecule has 1 amide bonds. The first kappa shape index (κ1) is 12.6. The molecule has 2 rings (SSSR count). The van der Waals surface area contributed by atoms with Gasteiger partial charge in [-0.2, -0.15) is 0 Å². The highest BCUT2D eigenvalue weighted by atomic mass is 16.4. The predicted molar refractivity (Wildman–Crippen MR) is 66.2 cm³/mol. The molecule has 0 aromatic heterocycles. The molecule has 1 heterocycles. The minimum Gasteiger partial charge on any atom is -0.478 e. The number of aromatic carboxylic acids is 1. The molecule has 0 aliphatic carbocycles. The molecule has 5 nitrogen and oxygen atoms in total. The Bertz CT molecular complexity index is 485. The average Bonchev–Trinajstić information content (AvgIpc) is 2.77. The van der Waals surface area contributed by atoms with Gasteiger partial charge < -0.3 is 10.4 Å². The van der Waals surface area contributed by atoms with E-state index in [0.29, 0.717) is 25.1 Å². The Morgan fingerprint density at radius 1 is 1.33 bits per heavy atom. The number of amides is 1. The summed E-state index contributed by atoms with van der Waals surface area (Å²) in [6.07, 6.45) is 0.469. The third-order valence-electron chi connectivity index (χ3n) is 3.18. The SMILES string of the molecule is CNC(=O)CCN1Cc2ccc(C(=O)O)cc2C1. The number of benzene rings is 1. The van der Waals surface area contributed by atoms with Crippen molar-refractivity contribution in [2.75, 3.05) is 13.6 Å². The van der Waals surface area contributed by atoms with E-state index in [1.807, 2.05) is 6.07 Å². The molecule has 0 atom stereocenters. The summed E-state index contributed by atoms with van der Waals surface area (Å²) < 4.78 is 0. The second-order valence-electron chi connectivity index (χ2n) is 4.42. The number of nitrogens with zero attached hydrogens (tertiary/aromatic N) is 1. The smallest absolute Gasteiger partial charge is 0.335 e. The van der Waals surface area contributed by atoms with Crippen LogP contribution in [0.2, 0.25) is 0 Å². The van der Waals surface area contributed by atoms with Crippen molar-refractivity contribution in [1.82, 2.24) is 10.2 Å². The molecule has 1 aliphatic rings. The van der Waals surface area contributed by atoms with Crippen LogP contribution in [0.5, 0.6) is 0 Å². The molecule has 0 radical (unpaired) electrons. The van der Waals surface area contributed by atoms with Crippen LogP contribution in [0, 0.1) is 0 Å². The van der Waals surface area contributed by atoms with Crippen molar-refractivity contribution in [2.45, 2.75) is 19.5 Å². The van der Waals surface area contributed by atoms with E-state index in [4.69, 9.17) is 5.11 Å². The molecule has 2 N–H and O–H groups in total. The number of hydrogen-bond acceptors (Lipinski definition) is 3. The van der Waals surface area contributed by atoms with Crippen molar-refractivity contribution >= 4 is 11.9 Å². The van der Waals surface area contributed by atoms with Gasteiger partial charge in [-0.3, -0.25) is 9.69 Å². The van der Waals surface area contributed by atoms with Crippen molar-refractivity contribution in [2.24, 2.45) is 0 Å². The normalized spacial score (nSPS) is 14.3. The molecule has 0 saturated carbocycles. The van der Waals surface area contributed by atoms with E-state index in [-0.39, 0.29) is 5.91 Å². The van der Waals surface area contributed by atoms with Crippen LogP contribution in [-0.2, 0) is 17.9 Å². The molecule has 0 bridgehead atoms. The molecule has 1 aromatic rings. The summed E-state index contributed by atoms with van der Waals surface area (Å²) in [6, 6.07) is 5.21. The van der Waals surface area contributed by atoms with E-state index in [1.54, 1.807) is 19.2 Å². The standard InChI is InChI=1S/C13H16N2O3/c1-14-12(16)4-5-15-7-10-3-2-9(13(17)18)6-11(10)8-15/h2-3,6H,4-5,7-8H2,1H3,(H,14,16)(H,17,18). The Labute approximate surface area is 105 Å². The van der Waals surface area contributed by atoms with Crippen LogP contribution >= 0.6 is 0 Å². The zero-order chi connectivity index (χ0) is 13.1. The molecular formula is C13H16N2O3. The summed E-state index contributed by atoms with van der Waals surface area (Å²) >= 11 is 0. The van der Waals surface area contributed by atoms with Gasteiger partial charge in [0.15, 0.2) is 0 Å². The number of carboxylic acid groups (broad SMARTS) is 1. The van der Waals surface area contributed by atoms with E-state index in [2.05, 4.69) is 10.2 Å². The van der Waals surface area contributed by atoms with Crippen LogP contribution in [0.15, 0.2) is 18.2 Å². The molecule has 0 unspecified atom stereocenters. The van der Waals surface area contributed by atoms with E-state index >= 15 is 0 Å². The maximum Gasteiger partial charge on any atom is 0.335 e. The van der Waals surface area contributed by atoms with Crippen LogP contribution in [0.4, 0.5) is 0 Å². The Morgan fingerprint density at radius 2 is 2.06 bits per heavy atom. The van der Waals surface area contributed by atoms with Crippen LogP contribution in [-0.4, -0.2) is 35.5 Å². The summed E-state index contributed by atoms with van der Waals surface area (Å²) in [5, 5.41) is 11.5. The van der Waals surface area contributed by atoms with Gasteiger partial charge in [0, 0.05) is 33.1 Å². The lowest BCUT2D eigenvalue weighted by molar-refractivity contribution is -0.120. The quantitative estimate of drug-likeness (QED) is 0.828. The third-order valence-corrected chi connectivity index (χ3v) is 3.18. The molecule has 5 heteroatoms. The van der Waals surface area contributed by atoms with E-state index < -0.39 is 5.97 Å². The monoisotopic (exact) mass is 248 g/mol. The molecule has 18 heavy (non-hydrogen) atoms. The van der Waals surface area contributed by atoms with Gasteiger partial charge in [0.25, 0.3) is 0 Å². The van der Waals surface area contributed by atoms with Crippen LogP contribution in [0.1, 0.15) is 27.9 Å². The minimum absolute atomic E-state index is 0.0252. The first-order chi connectivity index (χ1) is 8.60. The van der Waals surface area contributed by atoms with Gasteiger partial charge in [0.05, 0.1) is 5.56 Å². The van der Waals surface area contributed by atoms with Crippen molar-refractivity contribution in [1.29, 1.82) is 0 Å². The number of carboxylic acids is 1. The maximum atomic E-state index is 11.2. The predicted octanol–water partition coefficient (Wildman–Crippen LogP) is 0.836. The summed E-state index contributed by atoms with van der Waals surface area (Å²) in [6.45, 7) is 2.19. The average molecular weight is 248 g/mol. The van der Waals surface area contributed by atoms with Crippen LogP contribution in [0.3, 0.4) is 0 Å². The first-order valence-electron chi connectivity index (χ1n) is 5.88. The fourth-order valence-corrected chi connectivity index (χ4v) is 2.14. The van der Waals surface area contributed by atoms with Gasteiger partial charge in [-0.05, 0) is 23.3 Å². The van der Waals surface area contributed by atoms with Gasteiger partial charge in [0.1, 0.15) is 0 Å².